The maximum atomic E-state index is 10.8. The van der Waals surface area contributed by atoms with Crippen molar-refractivity contribution in [3.8, 4) is 0 Å². The highest BCUT2D eigenvalue weighted by molar-refractivity contribution is 5.52. The number of nitrogens with zero attached hydrogens (tertiary/aromatic N) is 1. The van der Waals surface area contributed by atoms with Crippen molar-refractivity contribution in [2.45, 2.75) is 38.1 Å². The fourth-order valence-corrected chi connectivity index (χ4v) is 2.47. The van der Waals surface area contributed by atoms with E-state index in [2.05, 4.69) is 31.7 Å². The Morgan fingerprint density at radius 2 is 2.25 bits per heavy atom. The van der Waals surface area contributed by atoms with E-state index in [1.165, 1.54) is 5.56 Å². The number of hydrogen-bond acceptors (Lipinski definition) is 2. The van der Waals surface area contributed by atoms with Crippen LogP contribution in [-0.2, 0) is 5.41 Å². The molecule has 0 N–H and O–H groups in total. The number of fused-ring (bicyclic) bond motifs is 1. The number of nitroso groups, excluding NO2 is 1. The molecule has 0 saturated heterocycles. The third-order valence-electron chi connectivity index (χ3n) is 3.57. The molecule has 0 aromatic heterocycles. The highest BCUT2D eigenvalue weighted by Gasteiger charge is 2.33. The van der Waals surface area contributed by atoms with Gasteiger partial charge in [0.15, 0.2) is 0 Å². The fraction of sp³-hybridized carbons (Fsp3) is 0.429. The molecule has 2 rings (SSSR count). The van der Waals surface area contributed by atoms with Crippen LogP contribution in [-0.4, -0.2) is 0 Å². The Morgan fingerprint density at radius 3 is 2.88 bits per heavy atom. The van der Waals surface area contributed by atoms with Crippen molar-refractivity contribution in [1.82, 2.24) is 0 Å². The van der Waals surface area contributed by atoms with Gasteiger partial charge in [-0.3, -0.25) is 0 Å². The Labute approximate surface area is 96.4 Å². The molecule has 1 aliphatic rings. The van der Waals surface area contributed by atoms with Crippen molar-refractivity contribution < 1.29 is 0 Å². The summed E-state index contributed by atoms with van der Waals surface area (Å²) in [6.07, 6.45) is 3.71. The second-order valence-electron chi connectivity index (χ2n) is 5.09. The summed E-state index contributed by atoms with van der Waals surface area (Å²) in [4.78, 5) is 10.8. The summed E-state index contributed by atoms with van der Waals surface area (Å²) in [6, 6.07) is 6.01. The topological polar surface area (TPSA) is 29.4 Å². The second kappa shape index (κ2) is 3.85. The van der Waals surface area contributed by atoms with Crippen molar-refractivity contribution in [3.63, 3.8) is 0 Å². The van der Waals surface area contributed by atoms with Crippen LogP contribution < -0.4 is 0 Å². The van der Waals surface area contributed by atoms with Crippen molar-refractivity contribution in [2.24, 2.45) is 5.18 Å². The van der Waals surface area contributed by atoms with Gasteiger partial charge in [-0.15, -0.1) is 0 Å². The summed E-state index contributed by atoms with van der Waals surface area (Å²) < 4.78 is 0. The summed E-state index contributed by atoms with van der Waals surface area (Å²) in [5.74, 6) is 0. The average molecular weight is 215 g/mol. The molecule has 1 unspecified atom stereocenters. The van der Waals surface area contributed by atoms with Gasteiger partial charge in [0, 0.05) is 0 Å². The molecule has 0 aliphatic heterocycles. The average Bonchev–Trinajstić information content (AvgIpc) is 2.29. The minimum Gasteiger partial charge on any atom is -0.150 e. The van der Waals surface area contributed by atoms with E-state index in [1.54, 1.807) is 0 Å². The molecular formula is C14H17NO. The normalized spacial score (nSPS) is 22.2. The monoisotopic (exact) mass is 215 g/mol. The van der Waals surface area contributed by atoms with E-state index >= 15 is 0 Å². The molecule has 0 radical (unpaired) electrons. The first-order valence-corrected chi connectivity index (χ1v) is 5.68. The molecular weight excluding hydrogens is 198 g/mol. The smallest absolute Gasteiger partial charge is 0.117 e. The maximum absolute atomic E-state index is 10.8. The third-order valence-corrected chi connectivity index (χ3v) is 3.57. The van der Waals surface area contributed by atoms with Crippen molar-refractivity contribution in [1.29, 1.82) is 0 Å². The highest BCUT2D eigenvalue weighted by Crippen LogP contribution is 2.43. The Hall–Kier alpha value is -1.44. The van der Waals surface area contributed by atoms with E-state index in [4.69, 9.17) is 0 Å². The summed E-state index contributed by atoms with van der Waals surface area (Å²) in [7, 11) is 0. The van der Waals surface area contributed by atoms with E-state index < -0.39 is 0 Å². The number of benzene rings is 1. The van der Waals surface area contributed by atoms with E-state index in [0.717, 1.165) is 24.0 Å². The zero-order valence-electron chi connectivity index (χ0n) is 9.86. The lowest BCUT2D eigenvalue weighted by molar-refractivity contribution is 0.396. The van der Waals surface area contributed by atoms with Crippen LogP contribution in [0.1, 0.15) is 49.4 Å². The molecule has 1 aromatic rings. The van der Waals surface area contributed by atoms with Gasteiger partial charge in [0.25, 0.3) is 0 Å². The molecule has 2 nitrogen and oxygen atoms in total. The van der Waals surface area contributed by atoms with E-state index in [1.807, 2.05) is 18.2 Å². The van der Waals surface area contributed by atoms with Crippen LogP contribution in [0.3, 0.4) is 0 Å². The Balaban J connectivity index is 2.59. The van der Waals surface area contributed by atoms with Crippen molar-refractivity contribution in [2.75, 3.05) is 0 Å². The van der Waals surface area contributed by atoms with Crippen LogP contribution >= 0.6 is 0 Å². The van der Waals surface area contributed by atoms with Crippen LogP contribution in [0.5, 0.6) is 0 Å². The van der Waals surface area contributed by atoms with Gasteiger partial charge >= 0.3 is 0 Å². The standard InChI is InChI=1S/C14H17NO/c1-4-10-5-6-11-12(9-10)14(2,3)8-7-13(11)15-16/h4-6,9,13H,1,7-8H2,2-3H3. The van der Waals surface area contributed by atoms with E-state index in [0.29, 0.717) is 0 Å². The first-order valence-electron chi connectivity index (χ1n) is 5.68. The molecule has 0 heterocycles. The second-order valence-corrected chi connectivity index (χ2v) is 5.09. The number of hydrogen-bond donors (Lipinski definition) is 0. The summed E-state index contributed by atoms with van der Waals surface area (Å²) in [5, 5.41) is 3.23. The molecule has 1 atom stereocenters. The van der Waals surface area contributed by atoms with Gasteiger partial charge in [0.2, 0.25) is 0 Å². The van der Waals surface area contributed by atoms with Crippen molar-refractivity contribution >= 4 is 6.08 Å². The van der Waals surface area contributed by atoms with Gasteiger partial charge < -0.3 is 0 Å². The quantitative estimate of drug-likeness (QED) is 0.679. The van der Waals surface area contributed by atoms with Crippen molar-refractivity contribution in [3.05, 3.63) is 46.4 Å². The third kappa shape index (κ3) is 1.69. The molecule has 0 spiro atoms. The van der Waals surface area contributed by atoms with Gasteiger partial charge in [-0.25, -0.2) is 0 Å². The zero-order valence-corrected chi connectivity index (χ0v) is 9.86. The lowest BCUT2D eigenvalue weighted by atomic mass is 9.71. The van der Waals surface area contributed by atoms with Crippen LogP contribution in [0.15, 0.2) is 30.0 Å². The molecule has 0 fully saturated rings. The molecule has 0 saturated carbocycles. The molecule has 84 valence electrons. The van der Waals surface area contributed by atoms with Crippen LogP contribution in [0, 0.1) is 4.91 Å². The fourth-order valence-electron chi connectivity index (χ4n) is 2.47. The predicted octanol–water partition coefficient (Wildman–Crippen LogP) is 4.21. The predicted molar refractivity (Wildman–Crippen MR) is 67.3 cm³/mol. The van der Waals surface area contributed by atoms with Gasteiger partial charge in [-0.05, 0) is 34.9 Å². The highest BCUT2D eigenvalue weighted by atomic mass is 16.3. The Bertz CT molecular complexity index is 434. The first kappa shape index (κ1) is 11.1. The summed E-state index contributed by atoms with van der Waals surface area (Å²) in [5.41, 5.74) is 3.59. The Kier molecular flexibility index (Phi) is 2.66. The van der Waals surface area contributed by atoms with Crippen LogP contribution in [0.4, 0.5) is 0 Å². The molecule has 1 aliphatic carbocycles. The molecule has 0 bridgehead atoms. The lowest BCUT2D eigenvalue weighted by Gasteiger charge is -2.34. The minimum absolute atomic E-state index is 0.134. The largest absolute Gasteiger partial charge is 0.150 e. The van der Waals surface area contributed by atoms with Crippen LogP contribution in [0.2, 0.25) is 0 Å². The molecule has 2 heteroatoms. The molecule has 16 heavy (non-hydrogen) atoms. The van der Waals surface area contributed by atoms with Gasteiger partial charge in [0.1, 0.15) is 6.04 Å². The minimum atomic E-state index is -0.165. The van der Waals surface area contributed by atoms with E-state index in [-0.39, 0.29) is 11.5 Å². The van der Waals surface area contributed by atoms with Gasteiger partial charge in [-0.2, -0.15) is 4.91 Å². The maximum Gasteiger partial charge on any atom is 0.117 e. The Morgan fingerprint density at radius 1 is 1.50 bits per heavy atom. The van der Waals surface area contributed by atoms with Gasteiger partial charge in [-0.1, -0.05) is 49.9 Å². The van der Waals surface area contributed by atoms with Crippen LogP contribution in [0.25, 0.3) is 6.08 Å². The summed E-state index contributed by atoms with van der Waals surface area (Å²) in [6.45, 7) is 8.23. The first-order chi connectivity index (χ1) is 7.58. The lowest BCUT2D eigenvalue weighted by Crippen LogP contribution is -2.25. The molecule has 1 aromatic carbocycles. The zero-order chi connectivity index (χ0) is 11.8. The summed E-state index contributed by atoms with van der Waals surface area (Å²) >= 11 is 0. The SMILES string of the molecule is C=Cc1ccc2c(c1)C(C)(C)CCC2N=O. The van der Waals surface area contributed by atoms with E-state index in [9.17, 15) is 4.91 Å². The van der Waals surface area contributed by atoms with Gasteiger partial charge in [0.05, 0.1) is 0 Å². The molecule has 0 amide bonds. The number of rotatable bonds is 2.